The molecule has 2 aliphatic rings. The van der Waals surface area contributed by atoms with Gasteiger partial charge in [-0.25, -0.2) is 9.78 Å². The number of hydrogen-bond acceptors (Lipinski definition) is 6. The number of imide groups is 1. The molecule has 3 N–H and O–H groups in total. The molecular weight excluding hydrogens is 437 g/mol. The summed E-state index contributed by atoms with van der Waals surface area (Å²) in [6.45, 7) is 3.63. The molecule has 0 aromatic carbocycles. The first kappa shape index (κ1) is 23.5. The SMILES string of the molecule is CC(O)(CN1C(=O)NC(C)(C)C1=O)C(=O)Nc1nc(C2CCCC(C(F)(F)F)C2)cs1. The van der Waals surface area contributed by atoms with Gasteiger partial charge >= 0.3 is 12.2 Å². The van der Waals surface area contributed by atoms with Gasteiger partial charge in [-0.3, -0.25) is 19.8 Å². The molecule has 2 heterocycles. The highest BCUT2D eigenvalue weighted by atomic mass is 32.1. The van der Waals surface area contributed by atoms with Gasteiger partial charge in [0.2, 0.25) is 0 Å². The van der Waals surface area contributed by atoms with Gasteiger partial charge in [0.05, 0.1) is 18.2 Å². The highest BCUT2D eigenvalue weighted by Crippen LogP contribution is 2.44. The molecule has 1 saturated carbocycles. The molecule has 1 saturated heterocycles. The van der Waals surface area contributed by atoms with Crippen molar-refractivity contribution in [1.29, 1.82) is 0 Å². The molecule has 31 heavy (non-hydrogen) atoms. The average Bonchev–Trinajstić information content (AvgIpc) is 3.19. The number of aliphatic hydroxyl groups is 1. The van der Waals surface area contributed by atoms with Crippen molar-refractivity contribution >= 4 is 34.3 Å². The first-order valence-corrected chi connectivity index (χ1v) is 10.8. The molecule has 3 unspecified atom stereocenters. The molecule has 4 amide bonds. The molecule has 3 atom stereocenters. The normalized spacial score (nSPS) is 25.8. The van der Waals surface area contributed by atoms with E-state index in [0.717, 1.165) is 23.2 Å². The molecule has 8 nitrogen and oxygen atoms in total. The predicted molar refractivity (Wildman–Crippen MR) is 106 cm³/mol. The zero-order valence-corrected chi connectivity index (χ0v) is 18.2. The third-order valence-corrected chi connectivity index (χ3v) is 6.47. The summed E-state index contributed by atoms with van der Waals surface area (Å²) >= 11 is 1.04. The number of anilines is 1. The Kier molecular flexibility index (Phi) is 6.09. The maximum absolute atomic E-state index is 13.1. The minimum Gasteiger partial charge on any atom is -0.378 e. The van der Waals surface area contributed by atoms with Crippen LogP contribution < -0.4 is 10.6 Å². The molecule has 1 aromatic rings. The van der Waals surface area contributed by atoms with Gasteiger partial charge in [0, 0.05) is 11.3 Å². The highest BCUT2D eigenvalue weighted by molar-refractivity contribution is 7.13. The van der Waals surface area contributed by atoms with E-state index in [2.05, 4.69) is 15.6 Å². The Hall–Kier alpha value is -2.21. The number of β-amino-alcohol motifs (C(OH)–C–C–N with tert-alkyl or cyclic N) is 1. The molecule has 0 spiro atoms. The summed E-state index contributed by atoms with van der Waals surface area (Å²) in [5, 5.41) is 17.2. The number of rotatable bonds is 5. The number of amides is 4. The van der Waals surface area contributed by atoms with E-state index in [1.165, 1.54) is 13.8 Å². The van der Waals surface area contributed by atoms with Gasteiger partial charge in [0.25, 0.3) is 11.8 Å². The van der Waals surface area contributed by atoms with Crippen LogP contribution in [-0.2, 0) is 9.59 Å². The number of alkyl halides is 3. The van der Waals surface area contributed by atoms with Crippen molar-refractivity contribution < 1.29 is 32.7 Å². The van der Waals surface area contributed by atoms with Crippen molar-refractivity contribution in [2.75, 3.05) is 11.9 Å². The van der Waals surface area contributed by atoms with E-state index in [9.17, 15) is 32.7 Å². The van der Waals surface area contributed by atoms with E-state index >= 15 is 0 Å². The van der Waals surface area contributed by atoms with E-state index in [-0.39, 0.29) is 23.9 Å². The third-order valence-electron chi connectivity index (χ3n) is 5.70. The lowest BCUT2D eigenvalue weighted by Gasteiger charge is -2.29. The number of halogens is 3. The van der Waals surface area contributed by atoms with Crippen molar-refractivity contribution in [3.8, 4) is 0 Å². The fourth-order valence-electron chi connectivity index (χ4n) is 3.86. The van der Waals surface area contributed by atoms with E-state index in [1.807, 2.05) is 0 Å². The number of aromatic nitrogens is 1. The van der Waals surface area contributed by atoms with Crippen LogP contribution in [-0.4, -0.2) is 56.7 Å². The molecule has 1 aliphatic heterocycles. The minimum atomic E-state index is -4.24. The van der Waals surface area contributed by atoms with Crippen molar-refractivity contribution in [3.05, 3.63) is 11.1 Å². The Bertz CT molecular complexity index is 884. The minimum absolute atomic E-state index is 0.0414. The molecule has 0 bridgehead atoms. The van der Waals surface area contributed by atoms with Gasteiger partial charge in [-0.1, -0.05) is 6.42 Å². The largest absolute Gasteiger partial charge is 0.391 e. The van der Waals surface area contributed by atoms with Crippen LogP contribution in [0.2, 0.25) is 0 Å². The fraction of sp³-hybridized carbons (Fsp3) is 0.684. The van der Waals surface area contributed by atoms with Gasteiger partial charge in [0.1, 0.15) is 5.54 Å². The molecule has 172 valence electrons. The van der Waals surface area contributed by atoms with Crippen LogP contribution >= 0.6 is 11.3 Å². The lowest BCUT2D eigenvalue weighted by atomic mass is 9.80. The van der Waals surface area contributed by atoms with Crippen LogP contribution in [0.1, 0.15) is 58.1 Å². The van der Waals surface area contributed by atoms with Crippen LogP contribution in [0.5, 0.6) is 0 Å². The third kappa shape index (κ3) is 5.00. The lowest BCUT2D eigenvalue weighted by Crippen LogP contribution is -2.51. The number of urea groups is 1. The second-order valence-corrected chi connectivity index (χ2v) is 9.71. The Morgan fingerprint density at radius 3 is 2.65 bits per heavy atom. The zero-order valence-electron chi connectivity index (χ0n) is 17.4. The number of hydrogen-bond donors (Lipinski definition) is 3. The summed E-state index contributed by atoms with van der Waals surface area (Å²) < 4.78 is 39.2. The molecule has 1 aromatic heterocycles. The van der Waals surface area contributed by atoms with Gasteiger partial charge < -0.3 is 10.4 Å². The van der Waals surface area contributed by atoms with E-state index in [0.29, 0.717) is 18.5 Å². The number of nitrogens with zero attached hydrogens (tertiary/aromatic N) is 2. The van der Waals surface area contributed by atoms with Gasteiger partial charge in [-0.15, -0.1) is 11.3 Å². The van der Waals surface area contributed by atoms with E-state index in [4.69, 9.17) is 0 Å². The molecule has 2 fully saturated rings. The predicted octanol–water partition coefficient (Wildman–Crippen LogP) is 3.00. The number of carbonyl (C=O) groups excluding carboxylic acids is 3. The molecule has 1 aliphatic carbocycles. The summed E-state index contributed by atoms with van der Waals surface area (Å²) in [6, 6.07) is -0.712. The Balaban J connectivity index is 1.64. The van der Waals surface area contributed by atoms with Gasteiger partial charge in [-0.2, -0.15) is 13.2 Å². The maximum Gasteiger partial charge on any atom is 0.391 e. The Morgan fingerprint density at radius 2 is 2.06 bits per heavy atom. The number of carbonyl (C=O) groups is 3. The van der Waals surface area contributed by atoms with Crippen LogP contribution in [0, 0.1) is 5.92 Å². The van der Waals surface area contributed by atoms with Crippen LogP contribution in [0.25, 0.3) is 0 Å². The summed E-state index contributed by atoms with van der Waals surface area (Å²) in [5.74, 6) is -3.16. The number of thiazole rings is 1. The summed E-state index contributed by atoms with van der Waals surface area (Å²) in [7, 11) is 0. The monoisotopic (exact) mass is 462 g/mol. The average molecular weight is 462 g/mol. The molecule has 12 heteroatoms. The van der Waals surface area contributed by atoms with Crippen molar-refractivity contribution in [2.24, 2.45) is 5.92 Å². The van der Waals surface area contributed by atoms with Crippen molar-refractivity contribution in [2.45, 2.75) is 69.7 Å². The van der Waals surface area contributed by atoms with E-state index < -0.39 is 47.6 Å². The van der Waals surface area contributed by atoms with Crippen LogP contribution in [0.4, 0.5) is 23.1 Å². The molecular formula is C19H25F3N4O4S. The first-order valence-electron chi connectivity index (χ1n) is 9.91. The second-order valence-electron chi connectivity index (χ2n) is 8.85. The van der Waals surface area contributed by atoms with Gasteiger partial charge in [0.15, 0.2) is 10.7 Å². The maximum atomic E-state index is 13.1. The Labute approximate surface area is 181 Å². The topological polar surface area (TPSA) is 112 Å². The fourth-order valence-corrected chi connectivity index (χ4v) is 4.65. The summed E-state index contributed by atoms with van der Waals surface area (Å²) in [5.41, 5.74) is -2.75. The smallest absolute Gasteiger partial charge is 0.378 e. The van der Waals surface area contributed by atoms with Crippen molar-refractivity contribution in [3.63, 3.8) is 0 Å². The highest BCUT2D eigenvalue weighted by Gasteiger charge is 2.48. The van der Waals surface area contributed by atoms with Crippen LogP contribution in [0.15, 0.2) is 5.38 Å². The quantitative estimate of drug-likeness (QED) is 0.583. The number of nitrogens with one attached hydrogen (secondary N) is 2. The first-order chi connectivity index (χ1) is 14.2. The zero-order chi connectivity index (χ0) is 23.2. The van der Waals surface area contributed by atoms with Crippen molar-refractivity contribution in [1.82, 2.24) is 15.2 Å². The molecule has 0 radical (unpaired) electrons. The van der Waals surface area contributed by atoms with Gasteiger partial charge in [-0.05, 0) is 40.0 Å². The van der Waals surface area contributed by atoms with E-state index in [1.54, 1.807) is 5.38 Å². The summed E-state index contributed by atoms with van der Waals surface area (Å²) in [4.78, 5) is 41.8. The summed E-state index contributed by atoms with van der Waals surface area (Å²) in [6.07, 6.45) is -3.14. The Morgan fingerprint density at radius 1 is 1.39 bits per heavy atom. The second kappa shape index (κ2) is 8.05. The lowest BCUT2D eigenvalue weighted by molar-refractivity contribution is -0.183. The molecule has 3 rings (SSSR count). The van der Waals surface area contributed by atoms with Crippen LogP contribution in [0.3, 0.4) is 0 Å². The standard InChI is InChI=1S/C19H25F3N4O4S/c1-17(2)14(28)26(16(29)25-17)9-18(3,30)13(27)24-15-23-12(8-31-15)10-5-4-6-11(7-10)19(20,21)22/h8,10-11,30H,4-7,9H2,1-3H3,(H,25,29)(H,23,24,27).